The van der Waals surface area contributed by atoms with E-state index >= 15 is 0 Å². The lowest BCUT2D eigenvalue weighted by Gasteiger charge is -2.00. The molecular weight excluding hydrogens is 190 g/mol. The Bertz CT molecular complexity index is 378. The van der Waals surface area contributed by atoms with Crippen LogP contribution in [0.15, 0.2) is 29.2 Å². The summed E-state index contributed by atoms with van der Waals surface area (Å²) in [7, 11) is 0. The minimum Gasteiger partial charge on any atom is -0.353 e. The molecule has 2 aromatic rings. The standard InChI is InChI=1S/C12H15NS/c1-10-7-13(8-11(10)2)5-3-12-4-6-14-9-12/h4,6-9H,3,5H2,1-2H3. The summed E-state index contributed by atoms with van der Waals surface area (Å²) in [5.74, 6) is 0. The molecule has 2 heteroatoms. The van der Waals surface area contributed by atoms with Crippen LogP contribution in [0.3, 0.4) is 0 Å². The van der Waals surface area contributed by atoms with E-state index in [0.29, 0.717) is 0 Å². The number of rotatable bonds is 3. The molecule has 0 bridgehead atoms. The SMILES string of the molecule is Cc1cn(CCc2ccsc2)cc1C. The molecule has 0 aliphatic rings. The van der Waals surface area contributed by atoms with Gasteiger partial charge in [-0.2, -0.15) is 11.3 Å². The molecule has 0 aromatic carbocycles. The second-order valence-corrected chi connectivity index (χ2v) is 4.52. The summed E-state index contributed by atoms with van der Waals surface area (Å²) in [6, 6.07) is 2.20. The van der Waals surface area contributed by atoms with Gasteiger partial charge in [-0.3, -0.25) is 0 Å². The molecule has 0 aliphatic carbocycles. The van der Waals surface area contributed by atoms with Gasteiger partial charge in [0.2, 0.25) is 0 Å². The van der Waals surface area contributed by atoms with Gasteiger partial charge in [0.05, 0.1) is 0 Å². The van der Waals surface area contributed by atoms with Crippen LogP contribution in [0.5, 0.6) is 0 Å². The molecule has 2 rings (SSSR count). The van der Waals surface area contributed by atoms with E-state index in [0.717, 1.165) is 13.0 Å². The lowest BCUT2D eigenvalue weighted by atomic mass is 10.2. The zero-order valence-electron chi connectivity index (χ0n) is 8.66. The molecule has 0 spiro atoms. The first-order chi connectivity index (χ1) is 6.75. The maximum Gasteiger partial charge on any atom is 0.0260 e. The summed E-state index contributed by atoms with van der Waals surface area (Å²) in [5.41, 5.74) is 4.21. The zero-order chi connectivity index (χ0) is 9.97. The van der Waals surface area contributed by atoms with Crippen molar-refractivity contribution in [1.29, 1.82) is 0 Å². The molecule has 0 unspecified atom stereocenters. The molecule has 0 aliphatic heterocycles. The van der Waals surface area contributed by atoms with E-state index in [1.54, 1.807) is 11.3 Å². The van der Waals surface area contributed by atoms with Crippen LogP contribution in [-0.4, -0.2) is 4.57 Å². The van der Waals surface area contributed by atoms with Gasteiger partial charge in [-0.05, 0) is 53.8 Å². The Morgan fingerprint density at radius 2 is 1.93 bits per heavy atom. The molecule has 0 radical (unpaired) electrons. The summed E-state index contributed by atoms with van der Waals surface area (Å²) in [5, 5.41) is 4.37. The minimum absolute atomic E-state index is 1.09. The van der Waals surface area contributed by atoms with Crippen molar-refractivity contribution in [2.45, 2.75) is 26.8 Å². The van der Waals surface area contributed by atoms with Crippen LogP contribution in [0.2, 0.25) is 0 Å². The molecule has 0 amide bonds. The largest absolute Gasteiger partial charge is 0.353 e. The van der Waals surface area contributed by atoms with E-state index in [1.165, 1.54) is 16.7 Å². The van der Waals surface area contributed by atoms with E-state index in [9.17, 15) is 0 Å². The number of nitrogens with zero attached hydrogens (tertiary/aromatic N) is 1. The molecule has 0 fully saturated rings. The van der Waals surface area contributed by atoms with Crippen molar-refractivity contribution in [3.8, 4) is 0 Å². The van der Waals surface area contributed by atoms with Crippen molar-refractivity contribution in [3.05, 3.63) is 45.9 Å². The maximum atomic E-state index is 2.28. The lowest BCUT2D eigenvalue weighted by molar-refractivity contribution is 0.700. The predicted octanol–water partition coefficient (Wildman–Crippen LogP) is 3.41. The summed E-state index contributed by atoms with van der Waals surface area (Å²) < 4.78 is 2.28. The smallest absolute Gasteiger partial charge is 0.0260 e. The van der Waals surface area contributed by atoms with Crippen molar-refractivity contribution in [1.82, 2.24) is 4.57 Å². The average Bonchev–Trinajstić information content (AvgIpc) is 2.74. The highest BCUT2D eigenvalue weighted by molar-refractivity contribution is 7.07. The predicted molar refractivity (Wildman–Crippen MR) is 61.9 cm³/mol. The van der Waals surface area contributed by atoms with Crippen molar-refractivity contribution >= 4 is 11.3 Å². The zero-order valence-corrected chi connectivity index (χ0v) is 9.47. The molecule has 1 nitrogen and oxygen atoms in total. The summed E-state index contributed by atoms with van der Waals surface area (Å²) in [6.07, 6.45) is 5.58. The van der Waals surface area contributed by atoms with Crippen LogP contribution in [0.25, 0.3) is 0 Å². The van der Waals surface area contributed by atoms with Crippen molar-refractivity contribution in [2.24, 2.45) is 0 Å². The minimum atomic E-state index is 1.09. The van der Waals surface area contributed by atoms with Crippen LogP contribution in [-0.2, 0) is 13.0 Å². The quantitative estimate of drug-likeness (QED) is 0.723. The highest BCUT2D eigenvalue weighted by Gasteiger charge is 1.98. The molecule has 0 N–H and O–H groups in total. The maximum absolute atomic E-state index is 2.28. The number of aryl methyl sites for hydroxylation is 4. The summed E-state index contributed by atoms with van der Waals surface area (Å²) in [4.78, 5) is 0. The van der Waals surface area contributed by atoms with Crippen LogP contribution in [0.1, 0.15) is 16.7 Å². The fraction of sp³-hybridized carbons (Fsp3) is 0.333. The number of hydrogen-bond acceptors (Lipinski definition) is 1. The molecule has 2 heterocycles. The van der Waals surface area contributed by atoms with Gasteiger partial charge in [-0.15, -0.1) is 0 Å². The van der Waals surface area contributed by atoms with Crippen LogP contribution < -0.4 is 0 Å². The Morgan fingerprint density at radius 1 is 1.21 bits per heavy atom. The fourth-order valence-corrected chi connectivity index (χ4v) is 2.26. The van der Waals surface area contributed by atoms with Gasteiger partial charge in [0.1, 0.15) is 0 Å². The molecule has 0 atom stereocenters. The third-order valence-electron chi connectivity index (χ3n) is 2.58. The molecule has 0 saturated carbocycles. The average molecular weight is 205 g/mol. The Morgan fingerprint density at radius 3 is 2.50 bits per heavy atom. The fourth-order valence-electron chi connectivity index (χ4n) is 1.56. The van der Waals surface area contributed by atoms with Gasteiger partial charge < -0.3 is 4.57 Å². The lowest BCUT2D eigenvalue weighted by Crippen LogP contribution is -1.97. The second kappa shape index (κ2) is 4.01. The topological polar surface area (TPSA) is 4.93 Å². The highest BCUT2D eigenvalue weighted by Crippen LogP contribution is 2.11. The van der Waals surface area contributed by atoms with E-state index < -0.39 is 0 Å². The molecule has 74 valence electrons. The van der Waals surface area contributed by atoms with E-state index in [1.807, 2.05) is 0 Å². The highest BCUT2D eigenvalue weighted by atomic mass is 32.1. The molecule has 2 aromatic heterocycles. The van der Waals surface area contributed by atoms with Gasteiger partial charge in [0.15, 0.2) is 0 Å². The number of hydrogen-bond donors (Lipinski definition) is 0. The Labute approximate surface area is 89.0 Å². The van der Waals surface area contributed by atoms with Crippen molar-refractivity contribution < 1.29 is 0 Å². The van der Waals surface area contributed by atoms with Crippen molar-refractivity contribution in [3.63, 3.8) is 0 Å². The van der Waals surface area contributed by atoms with E-state index in [4.69, 9.17) is 0 Å². The Kier molecular flexibility index (Phi) is 2.73. The summed E-state index contributed by atoms with van der Waals surface area (Å²) >= 11 is 1.77. The number of aromatic nitrogens is 1. The third kappa shape index (κ3) is 2.07. The van der Waals surface area contributed by atoms with Gasteiger partial charge in [-0.1, -0.05) is 0 Å². The Balaban J connectivity index is 1.98. The van der Waals surface area contributed by atoms with Gasteiger partial charge in [-0.25, -0.2) is 0 Å². The summed E-state index contributed by atoms with van der Waals surface area (Å²) in [6.45, 7) is 5.41. The van der Waals surface area contributed by atoms with Crippen LogP contribution in [0.4, 0.5) is 0 Å². The molecule has 14 heavy (non-hydrogen) atoms. The first-order valence-corrected chi connectivity index (χ1v) is 5.84. The first-order valence-electron chi connectivity index (χ1n) is 4.90. The van der Waals surface area contributed by atoms with Crippen molar-refractivity contribution in [2.75, 3.05) is 0 Å². The normalized spacial score (nSPS) is 10.7. The van der Waals surface area contributed by atoms with E-state index in [-0.39, 0.29) is 0 Å². The van der Waals surface area contributed by atoms with E-state index in [2.05, 4.69) is 47.6 Å². The van der Waals surface area contributed by atoms with Gasteiger partial charge in [0.25, 0.3) is 0 Å². The van der Waals surface area contributed by atoms with Gasteiger partial charge >= 0.3 is 0 Å². The Hall–Kier alpha value is -1.02. The second-order valence-electron chi connectivity index (χ2n) is 3.74. The van der Waals surface area contributed by atoms with Crippen LogP contribution in [0, 0.1) is 13.8 Å². The first kappa shape index (κ1) is 9.53. The molecular formula is C12H15NS. The van der Waals surface area contributed by atoms with Gasteiger partial charge in [0, 0.05) is 18.9 Å². The molecule has 0 saturated heterocycles. The third-order valence-corrected chi connectivity index (χ3v) is 3.31. The van der Waals surface area contributed by atoms with Crippen LogP contribution >= 0.6 is 11.3 Å². The monoisotopic (exact) mass is 205 g/mol. The number of thiophene rings is 1.